The monoisotopic (exact) mass is 267 g/mol. The van der Waals surface area contributed by atoms with Gasteiger partial charge in [0.1, 0.15) is 0 Å². The molecule has 1 fully saturated rings. The van der Waals surface area contributed by atoms with E-state index in [4.69, 9.17) is 9.26 Å². The highest BCUT2D eigenvalue weighted by molar-refractivity contribution is 4.99. The zero-order valence-corrected chi connectivity index (χ0v) is 12.3. The van der Waals surface area contributed by atoms with E-state index in [1.165, 1.54) is 0 Å². The predicted octanol–water partition coefficient (Wildman–Crippen LogP) is 2.66. The van der Waals surface area contributed by atoms with Crippen LogP contribution in [0.4, 0.5) is 0 Å². The fraction of sp³-hybridized carbons (Fsp3) is 0.857. The Balaban J connectivity index is 2.15. The Kier molecular flexibility index (Phi) is 4.93. The maximum atomic E-state index is 5.48. The number of ether oxygens (including phenoxy) is 1. The van der Waals surface area contributed by atoms with Gasteiger partial charge in [0.25, 0.3) is 0 Å². The highest BCUT2D eigenvalue weighted by Crippen LogP contribution is 2.30. The Bertz CT molecular complexity index is 384. The van der Waals surface area contributed by atoms with E-state index in [1.54, 1.807) is 0 Å². The van der Waals surface area contributed by atoms with Gasteiger partial charge in [0, 0.05) is 25.2 Å². The molecule has 0 aromatic carbocycles. The third-order valence-corrected chi connectivity index (χ3v) is 3.49. The Hall–Kier alpha value is -0.940. The van der Waals surface area contributed by atoms with E-state index >= 15 is 0 Å². The van der Waals surface area contributed by atoms with Gasteiger partial charge in [-0.2, -0.15) is 4.98 Å². The van der Waals surface area contributed by atoms with Crippen LogP contribution in [0.2, 0.25) is 0 Å². The van der Waals surface area contributed by atoms with Crippen LogP contribution in [0, 0.1) is 5.92 Å². The van der Waals surface area contributed by atoms with Crippen molar-refractivity contribution >= 4 is 0 Å². The van der Waals surface area contributed by atoms with Crippen LogP contribution in [-0.2, 0) is 4.74 Å². The highest BCUT2D eigenvalue weighted by Gasteiger charge is 2.30. The van der Waals surface area contributed by atoms with Crippen molar-refractivity contribution in [3.05, 3.63) is 11.7 Å². The van der Waals surface area contributed by atoms with Crippen LogP contribution in [0.15, 0.2) is 4.52 Å². The first-order chi connectivity index (χ1) is 9.08. The summed E-state index contributed by atoms with van der Waals surface area (Å²) in [6.45, 7) is 10.1. The van der Waals surface area contributed by atoms with Crippen molar-refractivity contribution in [1.29, 1.82) is 0 Å². The first-order valence-corrected chi connectivity index (χ1v) is 7.25. The fourth-order valence-corrected chi connectivity index (χ4v) is 2.43. The average molecular weight is 267 g/mol. The van der Waals surface area contributed by atoms with E-state index in [-0.39, 0.29) is 6.04 Å². The molecule has 1 saturated heterocycles. The second-order valence-electron chi connectivity index (χ2n) is 5.89. The van der Waals surface area contributed by atoms with Gasteiger partial charge in [0.2, 0.25) is 5.89 Å². The number of rotatable bonds is 5. The molecule has 1 aromatic rings. The van der Waals surface area contributed by atoms with Crippen molar-refractivity contribution in [1.82, 2.24) is 15.5 Å². The average Bonchev–Trinajstić information content (AvgIpc) is 2.86. The van der Waals surface area contributed by atoms with Crippen LogP contribution in [0.3, 0.4) is 0 Å². The summed E-state index contributed by atoms with van der Waals surface area (Å²) in [6, 6.07) is 0.533. The Labute approximate surface area is 115 Å². The zero-order valence-electron chi connectivity index (χ0n) is 12.3. The third kappa shape index (κ3) is 3.76. The second kappa shape index (κ2) is 6.48. The van der Waals surface area contributed by atoms with Gasteiger partial charge in [-0.05, 0) is 18.8 Å². The summed E-state index contributed by atoms with van der Waals surface area (Å²) < 4.78 is 10.9. The summed E-state index contributed by atoms with van der Waals surface area (Å²) in [5.41, 5.74) is 0. The molecule has 2 rings (SSSR count). The topological polar surface area (TPSA) is 60.2 Å². The van der Waals surface area contributed by atoms with Crippen molar-refractivity contribution in [2.45, 2.75) is 58.5 Å². The van der Waals surface area contributed by atoms with Crippen LogP contribution in [0.5, 0.6) is 0 Å². The van der Waals surface area contributed by atoms with Gasteiger partial charge < -0.3 is 14.6 Å². The van der Waals surface area contributed by atoms with E-state index in [2.05, 4.69) is 43.2 Å². The summed E-state index contributed by atoms with van der Waals surface area (Å²) in [6.07, 6.45) is 2.09. The molecule has 2 heterocycles. The number of hydrogen-bond donors (Lipinski definition) is 1. The molecule has 1 aliphatic heterocycles. The van der Waals surface area contributed by atoms with Gasteiger partial charge in [0.15, 0.2) is 5.82 Å². The van der Waals surface area contributed by atoms with Crippen molar-refractivity contribution < 1.29 is 9.26 Å². The molecule has 1 unspecified atom stereocenters. The molecule has 0 aliphatic carbocycles. The van der Waals surface area contributed by atoms with Crippen molar-refractivity contribution in [2.24, 2.45) is 5.92 Å². The largest absolute Gasteiger partial charge is 0.381 e. The molecule has 0 spiro atoms. The molecular formula is C14H25N3O2. The lowest BCUT2D eigenvalue weighted by Crippen LogP contribution is -2.36. The van der Waals surface area contributed by atoms with Crippen LogP contribution >= 0.6 is 0 Å². The molecule has 108 valence electrons. The van der Waals surface area contributed by atoms with E-state index in [0.717, 1.165) is 37.8 Å². The van der Waals surface area contributed by atoms with Crippen molar-refractivity contribution in [2.75, 3.05) is 13.2 Å². The number of nitrogens with one attached hydrogen (secondary N) is 1. The minimum Gasteiger partial charge on any atom is -0.381 e. The van der Waals surface area contributed by atoms with Crippen LogP contribution < -0.4 is 5.32 Å². The predicted molar refractivity (Wildman–Crippen MR) is 72.9 cm³/mol. The van der Waals surface area contributed by atoms with Crippen molar-refractivity contribution in [3.8, 4) is 0 Å². The Morgan fingerprint density at radius 3 is 2.37 bits per heavy atom. The van der Waals surface area contributed by atoms with Crippen LogP contribution in [0.25, 0.3) is 0 Å². The Morgan fingerprint density at radius 2 is 1.84 bits per heavy atom. The van der Waals surface area contributed by atoms with E-state index in [0.29, 0.717) is 17.9 Å². The smallest absolute Gasteiger partial charge is 0.244 e. The highest BCUT2D eigenvalue weighted by atomic mass is 16.5. The number of nitrogens with zero attached hydrogens (tertiary/aromatic N) is 2. The minimum atomic E-state index is 0.142. The lowest BCUT2D eigenvalue weighted by molar-refractivity contribution is 0.0475. The van der Waals surface area contributed by atoms with Gasteiger partial charge in [-0.25, -0.2) is 0 Å². The van der Waals surface area contributed by atoms with Gasteiger partial charge in [-0.15, -0.1) is 0 Å². The summed E-state index contributed by atoms with van der Waals surface area (Å²) in [7, 11) is 0. The lowest BCUT2D eigenvalue weighted by Gasteiger charge is -2.30. The summed E-state index contributed by atoms with van der Waals surface area (Å²) >= 11 is 0. The Morgan fingerprint density at radius 1 is 1.16 bits per heavy atom. The summed E-state index contributed by atoms with van der Waals surface area (Å²) in [5.74, 6) is 2.32. The molecule has 0 radical (unpaired) electrons. The maximum Gasteiger partial charge on any atom is 0.244 e. The van der Waals surface area contributed by atoms with E-state index in [9.17, 15) is 0 Å². The van der Waals surface area contributed by atoms with Crippen LogP contribution in [-0.4, -0.2) is 29.4 Å². The van der Waals surface area contributed by atoms with E-state index in [1.807, 2.05) is 0 Å². The quantitative estimate of drug-likeness (QED) is 0.888. The minimum absolute atomic E-state index is 0.142. The first kappa shape index (κ1) is 14.5. The summed E-state index contributed by atoms with van der Waals surface area (Å²) in [5, 5.41) is 7.65. The first-order valence-electron chi connectivity index (χ1n) is 7.25. The van der Waals surface area contributed by atoms with Gasteiger partial charge in [-0.3, -0.25) is 0 Å². The normalized spacial score (nSPS) is 19.3. The molecule has 5 nitrogen and oxygen atoms in total. The lowest BCUT2D eigenvalue weighted by atomic mass is 9.91. The standard InChI is InChI=1S/C14H25N3O2/c1-9(2)13-16-14(19-17-13)12(15-10(3)4)11-5-7-18-8-6-11/h9-12,15H,5-8H2,1-4H3. The molecule has 0 saturated carbocycles. The third-order valence-electron chi connectivity index (χ3n) is 3.49. The van der Waals surface area contributed by atoms with Crippen molar-refractivity contribution in [3.63, 3.8) is 0 Å². The molecular weight excluding hydrogens is 242 g/mol. The zero-order chi connectivity index (χ0) is 13.8. The maximum absolute atomic E-state index is 5.48. The van der Waals surface area contributed by atoms with Gasteiger partial charge >= 0.3 is 0 Å². The molecule has 19 heavy (non-hydrogen) atoms. The molecule has 1 aliphatic rings. The van der Waals surface area contributed by atoms with Gasteiger partial charge in [-0.1, -0.05) is 32.9 Å². The fourth-order valence-electron chi connectivity index (χ4n) is 2.43. The number of hydrogen-bond acceptors (Lipinski definition) is 5. The van der Waals surface area contributed by atoms with Crippen LogP contribution in [0.1, 0.15) is 64.2 Å². The van der Waals surface area contributed by atoms with E-state index < -0.39 is 0 Å². The molecule has 5 heteroatoms. The van der Waals surface area contributed by atoms with Gasteiger partial charge in [0.05, 0.1) is 6.04 Å². The molecule has 0 bridgehead atoms. The molecule has 0 amide bonds. The number of aromatic nitrogens is 2. The molecule has 1 N–H and O–H groups in total. The molecule has 1 aromatic heterocycles. The SMILES string of the molecule is CC(C)NC(c1nc(C(C)C)no1)C1CCOCC1. The second-order valence-corrected chi connectivity index (χ2v) is 5.89. The summed E-state index contributed by atoms with van der Waals surface area (Å²) in [4.78, 5) is 4.56. The molecule has 1 atom stereocenters.